The SMILES string of the molecule is CN=C(NCCCCCC(=O)OC)NCc1nc(C)c(C)s1. The number of esters is 1. The summed E-state index contributed by atoms with van der Waals surface area (Å²) in [4.78, 5) is 20.9. The summed E-state index contributed by atoms with van der Waals surface area (Å²) in [7, 11) is 3.18. The first-order valence-corrected chi connectivity index (χ1v) is 8.32. The molecule has 0 aromatic carbocycles. The van der Waals surface area contributed by atoms with E-state index in [-0.39, 0.29) is 5.97 Å². The standard InChI is InChI=1S/C15H26N4O2S/c1-11-12(2)22-13(19-11)10-18-15(16-3)17-9-7-5-6-8-14(20)21-4/h5-10H2,1-4H3,(H2,16,17,18). The average molecular weight is 326 g/mol. The highest BCUT2D eigenvalue weighted by molar-refractivity contribution is 7.11. The van der Waals surface area contributed by atoms with Crippen molar-refractivity contribution in [2.75, 3.05) is 20.7 Å². The fraction of sp³-hybridized carbons (Fsp3) is 0.667. The number of carbonyl (C=O) groups is 1. The van der Waals surface area contributed by atoms with Crippen molar-refractivity contribution >= 4 is 23.3 Å². The molecule has 0 atom stereocenters. The van der Waals surface area contributed by atoms with Crippen LogP contribution in [0.4, 0.5) is 0 Å². The van der Waals surface area contributed by atoms with Crippen LogP contribution in [0, 0.1) is 13.8 Å². The molecule has 0 saturated heterocycles. The van der Waals surface area contributed by atoms with Crippen molar-refractivity contribution in [1.82, 2.24) is 15.6 Å². The Morgan fingerprint density at radius 1 is 1.27 bits per heavy atom. The Balaban J connectivity index is 2.16. The molecule has 0 unspecified atom stereocenters. The first-order valence-electron chi connectivity index (χ1n) is 7.51. The number of aryl methyl sites for hydroxylation is 2. The van der Waals surface area contributed by atoms with Gasteiger partial charge in [0, 0.05) is 24.9 Å². The van der Waals surface area contributed by atoms with Gasteiger partial charge in [-0.05, 0) is 26.7 Å². The van der Waals surface area contributed by atoms with Gasteiger partial charge >= 0.3 is 5.97 Å². The summed E-state index contributed by atoms with van der Waals surface area (Å²) in [5.41, 5.74) is 1.09. The smallest absolute Gasteiger partial charge is 0.305 e. The van der Waals surface area contributed by atoms with Crippen LogP contribution in [0.2, 0.25) is 0 Å². The number of unbranched alkanes of at least 4 members (excludes halogenated alkanes) is 2. The molecule has 0 aliphatic heterocycles. The summed E-state index contributed by atoms with van der Waals surface area (Å²) in [6.45, 7) is 5.62. The lowest BCUT2D eigenvalue weighted by molar-refractivity contribution is -0.140. The minimum absolute atomic E-state index is 0.139. The van der Waals surface area contributed by atoms with Crippen molar-refractivity contribution < 1.29 is 9.53 Å². The van der Waals surface area contributed by atoms with Crippen LogP contribution in [0.25, 0.3) is 0 Å². The van der Waals surface area contributed by atoms with Gasteiger partial charge in [-0.25, -0.2) is 4.98 Å². The number of methoxy groups -OCH3 is 1. The van der Waals surface area contributed by atoms with Gasteiger partial charge in [0.1, 0.15) is 5.01 Å². The molecule has 0 bridgehead atoms. The van der Waals surface area contributed by atoms with Crippen LogP contribution in [0.15, 0.2) is 4.99 Å². The molecule has 1 rings (SSSR count). The zero-order chi connectivity index (χ0) is 16.4. The highest BCUT2D eigenvalue weighted by atomic mass is 32.1. The van der Waals surface area contributed by atoms with Crippen molar-refractivity contribution in [1.29, 1.82) is 0 Å². The molecule has 1 heterocycles. The van der Waals surface area contributed by atoms with Crippen molar-refractivity contribution in [3.63, 3.8) is 0 Å². The van der Waals surface area contributed by atoms with Crippen molar-refractivity contribution in [2.24, 2.45) is 4.99 Å². The summed E-state index contributed by atoms with van der Waals surface area (Å²) in [5.74, 6) is 0.637. The number of ether oxygens (including phenoxy) is 1. The first kappa shape index (κ1) is 18.4. The van der Waals surface area contributed by atoms with E-state index in [0.29, 0.717) is 13.0 Å². The number of hydrogen-bond donors (Lipinski definition) is 2. The number of aliphatic imine (C=N–C) groups is 1. The summed E-state index contributed by atoms with van der Waals surface area (Å²) < 4.78 is 4.61. The maximum Gasteiger partial charge on any atom is 0.305 e. The van der Waals surface area contributed by atoms with E-state index < -0.39 is 0 Å². The highest BCUT2D eigenvalue weighted by Gasteiger charge is 2.04. The Labute approximate surface area is 136 Å². The molecule has 0 amide bonds. The van der Waals surface area contributed by atoms with Crippen LogP contribution < -0.4 is 10.6 Å². The van der Waals surface area contributed by atoms with Gasteiger partial charge in [0.05, 0.1) is 19.3 Å². The number of hydrogen-bond acceptors (Lipinski definition) is 5. The molecular formula is C15H26N4O2S. The Bertz CT molecular complexity index is 480. The number of nitrogens with zero attached hydrogens (tertiary/aromatic N) is 2. The van der Waals surface area contributed by atoms with Crippen LogP contribution in [0.1, 0.15) is 41.3 Å². The fourth-order valence-electron chi connectivity index (χ4n) is 1.87. The van der Waals surface area contributed by atoms with E-state index in [1.165, 1.54) is 12.0 Å². The Kier molecular flexibility index (Phi) is 8.50. The second kappa shape index (κ2) is 10.2. The summed E-state index contributed by atoms with van der Waals surface area (Å²) in [6, 6.07) is 0. The van der Waals surface area contributed by atoms with Gasteiger partial charge < -0.3 is 15.4 Å². The lowest BCUT2D eigenvalue weighted by Crippen LogP contribution is -2.37. The predicted molar refractivity (Wildman–Crippen MR) is 90.3 cm³/mol. The third-order valence-corrected chi connectivity index (χ3v) is 4.35. The second-order valence-electron chi connectivity index (χ2n) is 4.99. The lowest BCUT2D eigenvalue weighted by atomic mass is 10.2. The fourth-order valence-corrected chi connectivity index (χ4v) is 2.75. The number of nitrogens with one attached hydrogen (secondary N) is 2. The van der Waals surface area contributed by atoms with Gasteiger partial charge in [-0.15, -0.1) is 11.3 Å². The van der Waals surface area contributed by atoms with E-state index in [0.717, 1.165) is 42.5 Å². The Morgan fingerprint density at radius 3 is 2.64 bits per heavy atom. The van der Waals surface area contributed by atoms with E-state index in [1.807, 2.05) is 6.92 Å². The van der Waals surface area contributed by atoms with E-state index in [9.17, 15) is 4.79 Å². The topological polar surface area (TPSA) is 75.6 Å². The predicted octanol–water partition coefficient (Wildman–Crippen LogP) is 2.16. The van der Waals surface area contributed by atoms with E-state index in [2.05, 4.69) is 32.3 Å². The zero-order valence-corrected chi connectivity index (χ0v) is 14.7. The van der Waals surface area contributed by atoms with Crippen LogP contribution in [-0.4, -0.2) is 37.6 Å². The minimum atomic E-state index is -0.139. The third-order valence-electron chi connectivity index (χ3n) is 3.28. The molecule has 7 heteroatoms. The van der Waals surface area contributed by atoms with Crippen LogP contribution >= 0.6 is 11.3 Å². The van der Waals surface area contributed by atoms with Crippen molar-refractivity contribution in [3.8, 4) is 0 Å². The van der Waals surface area contributed by atoms with E-state index >= 15 is 0 Å². The molecule has 6 nitrogen and oxygen atoms in total. The van der Waals surface area contributed by atoms with E-state index in [1.54, 1.807) is 18.4 Å². The van der Waals surface area contributed by atoms with Crippen molar-refractivity contribution in [3.05, 3.63) is 15.6 Å². The number of rotatable bonds is 8. The second-order valence-corrected chi connectivity index (χ2v) is 6.28. The first-order chi connectivity index (χ1) is 10.6. The normalized spacial score (nSPS) is 11.4. The highest BCUT2D eigenvalue weighted by Crippen LogP contribution is 2.15. The monoisotopic (exact) mass is 326 g/mol. The average Bonchev–Trinajstić information content (AvgIpc) is 2.83. The van der Waals surface area contributed by atoms with Gasteiger partial charge in [-0.3, -0.25) is 9.79 Å². The van der Waals surface area contributed by atoms with Gasteiger partial charge in [-0.2, -0.15) is 0 Å². The van der Waals surface area contributed by atoms with Gasteiger partial charge in [-0.1, -0.05) is 6.42 Å². The molecule has 0 aliphatic carbocycles. The maximum atomic E-state index is 11.0. The molecule has 0 aliphatic rings. The summed E-state index contributed by atoms with van der Waals surface area (Å²) in [5, 5.41) is 7.59. The van der Waals surface area contributed by atoms with Gasteiger partial charge in [0.15, 0.2) is 5.96 Å². The Hall–Kier alpha value is -1.63. The van der Waals surface area contributed by atoms with Crippen molar-refractivity contribution in [2.45, 2.75) is 46.1 Å². The lowest BCUT2D eigenvalue weighted by Gasteiger charge is -2.10. The molecule has 0 radical (unpaired) electrons. The molecule has 124 valence electrons. The molecule has 0 saturated carbocycles. The van der Waals surface area contributed by atoms with Crippen LogP contribution in [0.3, 0.4) is 0 Å². The molecular weight excluding hydrogens is 300 g/mol. The van der Waals surface area contributed by atoms with Gasteiger partial charge in [0.25, 0.3) is 0 Å². The number of aromatic nitrogens is 1. The zero-order valence-electron chi connectivity index (χ0n) is 13.9. The maximum absolute atomic E-state index is 11.0. The number of carbonyl (C=O) groups excluding carboxylic acids is 1. The molecule has 22 heavy (non-hydrogen) atoms. The molecule has 2 N–H and O–H groups in total. The van der Waals surface area contributed by atoms with Gasteiger partial charge in [0.2, 0.25) is 0 Å². The quantitative estimate of drug-likeness (QED) is 0.331. The minimum Gasteiger partial charge on any atom is -0.469 e. The molecule has 1 aromatic rings. The molecule has 0 fully saturated rings. The summed E-state index contributed by atoms with van der Waals surface area (Å²) in [6.07, 6.45) is 3.33. The van der Waals surface area contributed by atoms with Crippen LogP contribution in [0.5, 0.6) is 0 Å². The molecule has 1 aromatic heterocycles. The van der Waals surface area contributed by atoms with E-state index in [4.69, 9.17) is 0 Å². The number of guanidine groups is 1. The van der Waals surface area contributed by atoms with Crippen LogP contribution in [-0.2, 0) is 16.1 Å². The Morgan fingerprint density at radius 2 is 2.05 bits per heavy atom. The molecule has 0 spiro atoms. The number of thiazole rings is 1. The third kappa shape index (κ3) is 6.89. The largest absolute Gasteiger partial charge is 0.469 e. The summed E-state index contributed by atoms with van der Waals surface area (Å²) >= 11 is 1.71.